The van der Waals surface area contributed by atoms with Gasteiger partial charge in [-0.15, -0.1) is 0 Å². The summed E-state index contributed by atoms with van der Waals surface area (Å²) in [6, 6.07) is 0. The summed E-state index contributed by atoms with van der Waals surface area (Å²) in [6.07, 6.45) is 6.01. The standard InChI is InChI=1S/C8H14O/c1-7-3-5-8(2,9)6-4-7/h3,5,7,9H,4,6H2,1-2H3/t7-,8?/m1/s1. The van der Waals surface area contributed by atoms with Gasteiger partial charge >= 0.3 is 0 Å². The summed E-state index contributed by atoms with van der Waals surface area (Å²) in [5, 5.41) is 9.41. The summed E-state index contributed by atoms with van der Waals surface area (Å²) in [4.78, 5) is 0. The van der Waals surface area contributed by atoms with Crippen molar-refractivity contribution >= 4 is 0 Å². The summed E-state index contributed by atoms with van der Waals surface area (Å²) >= 11 is 0. The molecule has 2 atom stereocenters. The lowest BCUT2D eigenvalue weighted by molar-refractivity contribution is 0.0893. The Balaban J connectivity index is 2.58. The van der Waals surface area contributed by atoms with Crippen LogP contribution in [0.25, 0.3) is 0 Å². The van der Waals surface area contributed by atoms with Crippen molar-refractivity contribution in [2.24, 2.45) is 5.92 Å². The molecule has 1 rings (SSSR count). The highest BCUT2D eigenvalue weighted by Gasteiger charge is 2.20. The molecule has 0 aromatic heterocycles. The molecule has 0 bridgehead atoms. The lowest BCUT2D eigenvalue weighted by atomic mass is 9.88. The van der Waals surface area contributed by atoms with Gasteiger partial charge in [-0.2, -0.15) is 0 Å². The first-order valence-electron chi connectivity index (χ1n) is 3.52. The van der Waals surface area contributed by atoms with Gasteiger partial charge in [0.2, 0.25) is 0 Å². The van der Waals surface area contributed by atoms with Crippen LogP contribution in [0.3, 0.4) is 0 Å². The Labute approximate surface area is 56.4 Å². The minimum absolute atomic E-state index is 0.521. The Bertz CT molecular complexity index is 125. The van der Waals surface area contributed by atoms with Crippen LogP contribution in [0, 0.1) is 5.92 Å². The molecule has 1 nitrogen and oxygen atoms in total. The van der Waals surface area contributed by atoms with Crippen molar-refractivity contribution in [2.45, 2.75) is 32.3 Å². The smallest absolute Gasteiger partial charge is 0.0800 e. The third-order valence-electron chi connectivity index (χ3n) is 1.89. The van der Waals surface area contributed by atoms with Crippen LogP contribution in [0.5, 0.6) is 0 Å². The van der Waals surface area contributed by atoms with Crippen molar-refractivity contribution in [3.8, 4) is 0 Å². The van der Waals surface area contributed by atoms with Crippen molar-refractivity contribution in [1.29, 1.82) is 0 Å². The third kappa shape index (κ3) is 1.83. The molecule has 1 aliphatic rings. The van der Waals surface area contributed by atoms with Gasteiger partial charge < -0.3 is 5.11 Å². The second kappa shape index (κ2) is 2.14. The first kappa shape index (κ1) is 6.81. The first-order chi connectivity index (χ1) is 4.10. The van der Waals surface area contributed by atoms with Crippen LogP contribution >= 0.6 is 0 Å². The molecule has 0 spiro atoms. The van der Waals surface area contributed by atoms with Crippen LogP contribution in [0.4, 0.5) is 0 Å². The summed E-state index contributed by atoms with van der Waals surface area (Å²) in [5.74, 6) is 0.658. The van der Waals surface area contributed by atoms with E-state index in [2.05, 4.69) is 13.0 Å². The average Bonchev–Trinajstić information content (AvgIpc) is 1.78. The van der Waals surface area contributed by atoms with Gasteiger partial charge in [0.05, 0.1) is 5.60 Å². The van der Waals surface area contributed by atoms with Crippen LogP contribution in [-0.4, -0.2) is 10.7 Å². The normalized spacial score (nSPS) is 43.2. The minimum atomic E-state index is -0.521. The Kier molecular flexibility index (Phi) is 1.62. The summed E-state index contributed by atoms with van der Waals surface area (Å²) in [7, 11) is 0. The van der Waals surface area contributed by atoms with Crippen LogP contribution in [0.15, 0.2) is 12.2 Å². The van der Waals surface area contributed by atoms with Crippen LogP contribution in [-0.2, 0) is 0 Å². The lowest BCUT2D eigenvalue weighted by Gasteiger charge is -2.25. The molecule has 1 heteroatoms. The van der Waals surface area contributed by atoms with Crippen molar-refractivity contribution in [1.82, 2.24) is 0 Å². The van der Waals surface area contributed by atoms with E-state index in [4.69, 9.17) is 0 Å². The number of aliphatic hydroxyl groups is 1. The maximum atomic E-state index is 9.41. The second-order valence-corrected chi connectivity index (χ2v) is 3.23. The van der Waals surface area contributed by atoms with Crippen LogP contribution in [0.1, 0.15) is 26.7 Å². The molecular weight excluding hydrogens is 112 g/mol. The van der Waals surface area contributed by atoms with Gasteiger partial charge in [0.15, 0.2) is 0 Å². The minimum Gasteiger partial charge on any atom is -0.386 e. The molecule has 52 valence electrons. The van der Waals surface area contributed by atoms with Gasteiger partial charge in [-0.1, -0.05) is 19.1 Å². The van der Waals surface area contributed by atoms with Gasteiger partial charge in [-0.3, -0.25) is 0 Å². The molecule has 0 saturated heterocycles. The van der Waals surface area contributed by atoms with E-state index in [1.54, 1.807) is 0 Å². The zero-order chi connectivity index (χ0) is 6.91. The number of rotatable bonds is 0. The Morgan fingerprint density at radius 2 is 2.33 bits per heavy atom. The highest BCUT2D eigenvalue weighted by molar-refractivity contribution is 5.04. The molecule has 0 amide bonds. The highest BCUT2D eigenvalue weighted by atomic mass is 16.3. The topological polar surface area (TPSA) is 20.2 Å². The predicted molar refractivity (Wildman–Crippen MR) is 38.2 cm³/mol. The SMILES string of the molecule is C[C@@H]1C=CC(C)(O)CC1. The van der Waals surface area contributed by atoms with Crippen LogP contribution < -0.4 is 0 Å². The number of allylic oxidation sites excluding steroid dienone is 1. The van der Waals surface area contributed by atoms with E-state index in [1.165, 1.54) is 0 Å². The first-order valence-corrected chi connectivity index (χ1v) is 3.52. The molecule has 1 N–H and O–H groups in total. The number of hydrogen-bond donors (Lipinski definition) is 1. The van der Waals surface area contributed by atoms with E-state index in [1.807, 2.05) is 13.0 Å². The predicted octanol–water partition coefficient (Wildman–Crippen LogP) is 1.72. The molecule has 0 fully saturated rings. The molecule has 0 aliphatic heterocycles. The van der Waals surface area contributed by atoms with E-state index in [-0.39, 0.29) is 0 Å². The Morgan fingerprint density at radius 3 is 2.67 bits per heavy atom. The maximum absolute atomic E-state index is 9.41. The fourth-order valence-corrected chi connectivity index (χ4v) is 1.07. The molecule has 0 saturated carbocycles. The van der Waals surface area contributed by atoms with E-state index < -0.39 is 5.60 Å². The van der Waals surface area contributed by atoms with Crippen molar-refractivity contribution in [3.05, 3.63) is 12.2 Å². The molecule has 1 unspecified atom stereocenters. The molecule has 1 aliphatic carbocycles. The molecule has 0 heterocycles. The molecule has 9 heavy (non-hydrogen) atoms. The van der Waals surface area contributed by atoms with Gasteiger partial charge in [-0.25, -0.2) is 0 Å². The summed E-state index contributed by atoms with van der Waals surface area (Å²) in [5.41, 5.74) is -0.521. The van der Waals surface area contributed by atoms with E-state index >= 15 is 0 Å². The van der Waals surface area contributed by atoms with Gasteiger partial charge in [0.25, 0.3) is 0 Å². The number of hydrogen-bond acceptors (Lipinski definition) is 1. The fraction of sp³-hybridized carbons (Fsp3) is 0.750. The molecule has 0 radical (unpaired) electrons. The highest BCUT2D eigenvalue weighted by Crippen LogP contribution is 2.24. The summed E-state index contributed by atoms with van der Waals surface area (Å²) in [6.45, 7) is 4.03. The average molecular weight is 126 g/mol. The molecular formula is C8H14O. The Morgan fingerprint density at radius 1 is 1.67 bits per heavy atom. The van der Waals surface area contributed by atoms with Gasteiger partial charge in [0, 0.05) is 0 Å². The van der Waals surface area contributed by atoms with Crippen LogP contribution in [0.2, 0.25) is 0 Å². The maximum Gasteiger partial charge on any atom is 0.0800 e. The monoisotopic (exact) mass is 126 g/mol. The van der Waals surface area contributed by atoms with E-state index in [0.29, 0.717) is 5.92 Å². The Hall–Kier alpha value is -0.300. The largest absolute Gasteiger partial charge is 0.386 e. The van der Waals surface area contributed by atoms with E-state index in [9.17, 15) is 5.11 Å². The second-order valence-electron chi connectivity index (χ2n) is 3.23. The zero-order valence-corrected chi connectivity index (χ0v) is 6.09. The van der Waals surface area contributed by atoms with Crippen molar-refractivity contribution in [2.75, 3.05) is 0 Å². The fourth-order valence-electron chi connectivity index (χ4n) is 1.07. The van der Waals surface area contributed by atoms with Gasteiger partial charge in [-0.05, 0) is 25.7 Å². The lowest BCUT2D eigenvalue weighted by Crippen LogP contribution is -2.24. The van der Waals surface area contributed by atoms with Crippen molar-refractivity contribution < 1.29 is 5.11 Å². The molecule has 0 aromatic rings. The third-order valence-corrected chi connectivity index (χ3v) is 1.89. The summed E-state index contributed by atoms with van der Waals surface area (Å²) < 4.78 is 0. The molecule has 0 aromatic carbocycles. The van der Waals surface area contributed by atoms with Crippen molar-refractivity contribution in [3.63, 3.8) is 0 Å². The quantitative estimate of drug-likeness (QED) is 0.490. The zero-order valence-electron chi connectivity index (χ0n) is 6.09. The van der Waals surface area contributed by atoms with E-state index in [0.717, 1.165) is 12.8 Å². The van der Waals surface area contributed by atoms with Gasteiger partial charge in [0.1, 0.15) is 0 Å².